The lowest BCUT2D eigenvalue weighted by Crippen LogP contribution is -2.14. The number of benzene rings is 1. The number of hydrogen-bond acceptors (Lipinski definition) is 2. The molecule has 1 aromatic rings. The van der Waals surface area contributed by atoms with Crippen LogP contribution in [0.15, 0.2) is 23.4 Å². The average molecular weight is 186 g/mol. The van der Waals surface area contributed by atoms with Crippen LogP contribution in [0.3, 0.4) is 0 Å². The minimum atomic E-state index is -0.704. The highest BCUT2D eigenvalue weighted by atomic mass is 19.1. The third-order valence-electron chi connectivity index (χ3n) is 1.35. The Balaban J connectivity index is 3.08. The predicted molar refractivity (Wildman–Crippen MR) is 44.1 cm³/mol. The second kappa shape index (κ2) is 3.84. The summed E-state index contributed by atoms with van der Waals surface area (Å²) in [6.45, 7) is 0. The van der Waals surface area contributed by atoms with E-state index in [1.54, 1.807) is 0 Å². The molecule has 1 rings (SSSR count). The van der Waals surface area contributed by atoms with Crippen molar-refractivity contribution in [3.63, 3.8) is 0 Å². The molecule has 13 heavy (non-hydrogen) atoms. The maximum atomic E-state index is 12.6. The maximum absolute atomic E-state index is 12.6. The van der Waals surface area contributed by atoms with E-state index in [4.69, 9.17) is 5.73 Å². The van der Waals surface area contributed by atoms with Crippen LogP contribution in [-0.2, 0) is 4.84 Å². The zero-order chi connectivity index (χ0) is 9.84. The molecule has 0 saturated carbocycles. The van der Waals surface area contributed by atoms with Crippen LogP contribution in [-0.4, -0.2) is 12.9 Å². The normalized spacial score (nSPS) is 11.5. The summed E-state index contributed by atoms with van der Waals surface area (Å²) >= 11 is 0. The Labute approximate surface area is 73.8 Å². The Morgan fingerprint density at radius 2 is 1.85 bits per heavy atom. The van der Waals surface area contributed by atoms with Crippen molar-refractivity contribution in [2.24, 2.45) is 10.9 Å². The van der Waals surface area contributed by atoms with Crippen molar-refractivity contribution in [2.45, 2.75) is 0 Å². The summed E-state index contributed by atoms with van der Waals surface area (Å²) < 4.78 is 25.3. The van der Waals surface area contributed by atoms with Crippen LogP contribution in [0.4, 0.5) is 8.78 Å². The first kappa shape index (κ1) is 9.44. The van der Waals surface area contributed by atoms with Gasteiger partial charge in [0.15, 0.2) is 5.84 Å². The van der Waals surface area contributed by atoms with Gasteiger partial charge in [0.2, 0.25) is 0 Å². The summed E-state index contributed by atoms with van der Waals surface area (Å²) in [5, 5.41) is 3.34. The molecule has 3 nitrogen and oxygen atoms in total. The van der Waals surface area contributed by atoms with Crippen LogP contribution in [0.2, 0.25) is 0 Å². The van der Waals surface area contributed by atoms with E-state index in [0.717, 1.165) is 18.2 Å². The first-order chi connectivity index (χ1) is 6.13. The lowest BCUT2D eigenvalue weighted by atomic mass is 10.2. The van der Waals surface area contributed by atoms with Crippen LogP contribution < -0.4 is 5.73 Å². The van der Waals surface area contributed by atoms with Crippen molar-refractivity contribution in [1.29, 1.82) is 0 Å². The van der Waals surface area contributed by atoms with Crippen LogP contribution >= 0.6 is 0 Å². The molecular weight excluding hydrogens is 178 g/mol. The van der Waals surface area contributed by atoms with Gasteiger partial charge in [-0.05, 0) is 12.1 Å². The van der Waals surface area contributed by atoms with Crippen molar-refractivity contribution in [2.75, 3.05) is 7.11 Å². The molecule has 0 aliphatic rings. The van der Waals surface area contributed by atoms with E-state index < -0.39 is 11.6 Å². The van der Waals surface area contributed by atoms with Gasteiger partial charge in [-0.2, -0.15) is 0 Å². The Morgan fingerprint density at radius 1 is 1.31 bits per heavy atom. The van der Waals surface area contributed by atoms with Crippen molar-refractivity contribution in [1.82, 2.24) is 0 Å². The van der Waals surface area contributed by atoms with Gasteiger partial charge < -0.3 is 10.6 Å². The van der Waals surface area contributed by atoms with E-state index in [0.29, 0.717) is 0 Å². The highest BCUT2D eigenvalue weighted by Crippen LogP contribution is 2.07. The molecule has 0 bridgehead atoms. The fraction of sp³-hybridized carbons (Fsp3) is 0.125. The number of amidine groups is 1. The van der Waals surface area contributed by atoms with Crippen LogP contribution in [0.1, 0.15) is 5.56 Å². The summed E-state index contributed by atoms with van der Waals surface area (Å²) in [5.74, 6) is -1.48. The average Bonchev–Trinajstić information content (AvgIpc) is 2.03. The smallest absolute Gasteiger partial charge is 0.170 e. The minimum absolute atomic E-state index is 0.0686. The zero-order valence-electron chi connectivity index (χ0n) is 6.92. The van der Waals surface area contributed by atoms with Gasteiger partial charge in [0.05, 0.1) is 0 Å². The number of nitrogens with zero attached hydrogens (tertiary/aromatic N) is 1. The van der Waals surface area contributed by atoms with Gasteiger partial charge in [0.25, 0.3) is 0 Å². The summed E-state index contributed by atoms with van der Waals surface area (Å²) in [5.41, 5.74) is 5.49. The quantitative estimate of drug-likeness (QED) is 0.429. The fourth-order valence-electron chi connectivity index (χ4n) is 0.853. The molecule has 0 aliphatic heterocycles. The SMILES string of the molecule is CO/N=C(\N)c1cc(F)cc(F)c1. The van der Waals surface area contributed by atoms with E-state index in [1.165, 1.54) is 7.11 Å². The molecule has 0 spiro atoms. The van der Waals surface area contributed by atoms with Crippen molar-refractivity contribution in [3.05, 3.63) is 35.4 Å². The highest BCUT2D eigenvalue weighted by molar-refractivity contribution is 5.97. The Kier molecular flexibility index (Phi) is 2.79. The lowest BCUT2D eigenvalue weighted by Gasteiger charge is -1.99. The molecule has 1 aromatic carbocycles. The summed E-state index contributed by atoms with van der Waals surface area (Å²) in [6.07, 6.45) is 0. The second-order valence-electron chi connectivity index (χ2n) is 2.32. The number of halogens is 2. The topological polar surface area (TPSA) is 47.6 Å². The predicted octanol–water partition coefficient (Wildman–Crippen LogP) is 1.23. The van der Waals surface area contributed by atoms with E-state index in [-0.39, 0.29) is 11.4 Å². The molecule has 0 radical (unpaired) electrons. The molecule has 0 aromatic heterocycles. The van der Waals surface area contributed by atoms with Gasteiger partial charge >= 0.3 is 0 Å². The molecule has 0 saturated heterocycles. The monoisotopic (exact) mass is 186 g/mol. The number of hydrogen-bond donors (Lipinski definition) is 1. The molecule has 0 amide bonds. The standard InChI is InChI=1S/C8H8F2N2O/c1-13-12-8(11)5-2-6(9)4-7(10)3-5/h2-4H,1H3,(H2,11,12). The number of oxime groups is 1. The molecule has 2 N–H and O–H groups in total. The van der Waals surface area contributed by atoms with Gasteiger partial charge in [-0.3, -0.25) is 0 Å². The van der Waals surface area contributed by atoms with E-state index >= 15 is 0 Å². The molecule has 70 valence electrons. The first-order valence-electron chi connectivity index (χ1n) is 3.46. The molecule has 0 unspecified atom stereocenters. The molecule has 0 heterocycles. The molecule has 0 atom stereocenters. The second-order valence-corrected chi connectivity index (χ2v) is 2.32. The van der Waals surface area contributed by atoms with Gasteiger partial charge in [-0.15, -0.1) is 0 Å². The Bertz CT molecular complexity index is 319. The van der Waals surface area contributed by atoms with Gasteiger partial charge in [0, 0.05) is 11.6 Å². The highest BCUT2D eigenvalue weighted by Gasteiger charge is 2.03. The summed E-state index contributed by atoms with van der Waals surface area (Å²) in [4.78, 5) is 4.36. The lowest BCUT2D eigenvalue weighted by molar-refractivity contribution is 0.213. The van der Waals surface area contributed by atoms with Crippen molar-refractivity contribution in [3.8, 4) is 0 Å². The summed E-state index contributed by atoms with van der Waals surface area (Å²) in [7, 11) is 1.29. The van der Waals surface area contributed by atoms with Crippen LogP contribution in [0.25, 0.3) is 0 Å². The molecule has 0 fully saturated rings. The Hall–Kier alpha value is -1.65. The first-order valence-corrected chi connectivity index (χ1v) is 3.46. The Morgan fingerprint density at radius 3 is 2.31 bits per heavy atom. The van der Waals surface area contributed by atoms with Gasteiger partial charge in [0.1, 0.15) is 18.7 Å². The number of nitrogens with two attached hydrogens (primary N) is 1. The minimum Gasteiger partial charge on any atom is -0.397 e. The van der Waals surface area contributed by atoms with Gasteiger partial charge in [-0.1, -0.05) is 5.16 Å². The molecule has 0 aliphatic carbocycles. The third-order valence-corrected chi connectivity index (χ3v) is 1.35. The van der Waals surface area contributed by atoms with E-state index in [9.17, 15) is 8.78 Å². The zero-order valence-corrected chi connectivity index (χ0v) is 6.92. The van der Waals surface area contributed by atoms with Gasteiger partial charge in [-0.25, -0.2) is 8.78 Å². The fourth-order valence-corrected chi connectivity index (χ4v) is 0.853. The molecule has 5 heteroatoms. The van der Waals surface area contributed by atoms with E-state index in [1.807, 2.05) is 0 Å². The van der Waals surface area contributed by atoms with Crippen LogP contribution in [0.5, 0.6) is 0 Å². The van der Waals surface area contributed by atoms with Crippen molar-refractivity contribution >= 4 is 5.84 Å². The van der Waals surface area contributed by atoms with E-state index in [2.05, 4.69) is 9.99 Å². The van der Waals surface area contributed by atoms with Crippen molar-refractivity contribution < 1.29 is 13.6 Å². The largest absolute Gasteiger partial charge is 0.397 e. The third kappa shape index (κ3) is 2.40. The summed E-state index contributed by atoms with van der Waals surface area (Å²) in [6, 6.07) is 2.89. The maximum Gasteiger partial charge on any atom is 0.170 e. The van der Waals surface area contributed by atoms with Crippen LogP contribution in [0, 0.1) is 11.6 Å². The molecular formula is C8H8F2N2O. The number of rotatable bonds is 2.